The van der Waals surface area contributed by atoms with Gasteiger partial charge < -0.3 is 15.4 Å². The number of carbonyl (C=O) groups is 1. The molecule has 0 aliphatic carbocycles. The smallest absolute Gasteiger partial charge is 0.376 e. The number of nitrogens with zero attached hydrogens (tertiary/aromatic N) is 6. The minimum atomic E-state index is -4.98. The van der Waals surface area contributed by atoms with Gasteiger partial charge in [-0.05, 0) is 78.9 Å². The number of methoxy groups -OCH3 is 1. The Morgan fingerprint density at radius 3 is 2.19 bits per heavy atom. The van der Waals surface area contributed by atoms with Gasteiger partial charge >= 0.3 is 12.4 Å². The number of aryl methyl sites for hydroxylation is 2. The zero-order valence-corrected chi connectivity index (χ0v) is 23.9. The van der Waals surface area contributed by atoms with E-state index in [-0.39, 0.29) is 49.2 Å². The molecule has 43 heavy (non-hydrogen) atoms. The lowest BCUT2D eigenvalue weighted by Crippen LogP contribution is -2.41. The Kier molecular flexibility index (Phi) is 9.64. The van der Waals surface area contributed by atoms with Crippen molar-refractivity contribution in [2.45, 2.75) is 51.3 Å². The number of benzene rings is 2. The second-order valence-electron chi connectivity index (χ2n) is 10.8. The SMILES string of the molecule is COC(c1ccc(C)cc1CN(Cc1cc(C(F)(F)F)cc(C(F)(F)F)c1)c1nnn(C)n1)C1CCN(CC(N)=O)CC1. The summed E-state index contributed by atoms with van der Waals surface area (Å²) in [6.07, 6.45) is -8.84. The second-order valence-corrected chi connectivity index (χ2v) is 10.8. The highest BCUT2D eigenvalue weighted by molar-refractivity contribution is 5.75. The first kappa shape index (κ1) is 32.2. The van der Waals surface area contributed by atoms with Gasteiger partial charge in [0, 0.05) is 20.2 Å². The summed E-state index contributed by atoms with van der Waals surface area (Å²) in [5.74, 6) is -0.269. The van der Waals surface area contributed by atoms with Crippen LogP contribution in [0.4, 0.5) is 32.3 Å². The third-order valence-electron chi connectivity index (χ3n) is 7.46. The fraction of sp³-hybridized carbons (Fsp3) is 0.500. The van der Waals surface area contributed by atoms with Crippen LogP contribution in [-0.2, 0) is 42.0 Å². The van der Waals surface area contributed by atoms with Gasteiger partial charge in [0.2, 0.25) is 5.91 Å². The highest BCUT2D eigenvalue weighted by Gasteiger charge is 2.37. The van der Waals surface area contributed by atoms with Crippen LogP contribution in [0.15, 0.2) is 36.4 Å². The Balaban J connectivity index is 1.69. The first-order valence-corrected chi connectivity index (χ1v) is 13.5. The van der Waals surface area contributed by atoms with E-state index in [4.69, 9.17) is 10.5 Å². The Morgan fingerprint density at radius 1 is 1.05 bits per heavy atom. The number of nitrogens with two attached hydrogens (primary N) is 1. The summed E-state index contributed by atoms with van der Waals surface area (Å²) in [4.78, 5) is 16.0. The van der Waals surface area contributed by atoms with E-state index in [1.54, 1.807) is 7.11 Å². The van der Waals surface area contributed by atoms with Crippen LogP contribution in [0.1, 0.15) is 52.3 Å². The summed E-state index contributed by atoms with van der Waals surface area (Å²) in [5, 5.41) is 12.0. The van der Waals surface area contributed by atoms with Crippen molar-refractivity contribution < 1.29 is 35.9 Å². The van der Waals surface area contributed by atoms with E-state index >= 15 is 0 Å². The number of alkyl halides is 6. The topological polar surface area (TPSA) is 102 Å². The van der Waals surface area contributed by atoms with E-state index in [2.05, 4.69) is 15.4 Å². The molecule has 2 N–H and O–H groups in total. The molecule has 15 heteroatoms. The largest absolute Gasteiger partial charge is 0.416 e. The molecule has 1 fully saturated rings. The maximum atomic E-state index is 13.6. The number of piperidine rings is 1. The molecule has 0 spiro atoms. The van der Waals surface area contributed by atoms with Crippen molar-refractivity contribution in [1.29, 1.82) is 0 Å². The average molecular weight is 614 g/mol. The van der Waals surface area contributed by atoms with Crippen LogP contribution in [-0.4, -0.2) is 57.8 Å². The van der Waals surface area contributed by atoms with Crippen LogP contribution in [0.5, 0.6) is 0 Å². The third-order valence-corrected chi connectivity index (χ3v) is 7.46. The summed E-state index contributed by atoms with van der Waals surface area (Å²) < 4.78 is 87.4. The number of carbonyl (C=O) groups excluding carboxylic acids is 1. The number of aromatic nitrogens is 4. The van der Waals surface area contributed by atoms with Gasteiger partial charge in [-0.15, -0.1) is 5.10 Å². The molecule has 1 aliphatic rings. The van der Waals surface area contributed by atoms with Crippen molar-refractivity contribution in [3.63, 3.8) is 0 Å². The molecule has 234 valence electrons. The summed E-state index contributed by atoms with van der Waals surface area (Å²) in [6, 6.07) is 7.25. The normalized spacial score (nSPS) is 15.9. The summed E-state index contributed by atoms with van der Waals surface area (Å²) in [5.41, 5.74) is 4.81. The number of hydrogen-bond donors (Lipinski definition) is 1. The van der Waals surface area contributed by atoms with Crippen molar-refractivity contribution in [3.05, 3.63) is 69.8 Å². The third kappa shape index (κ3) is 8.22. The molecule has 1 saturated heterocycles. The lowest BCUT2D eigenvalue weighted by Gasteiger charge is -2.36. The lowest BCUT2D eigenvalue weighted by molar-refractivity contribution is -0.143. The summed E-state index contributed by atoms with van der Waals surface area (Å²) >= 11 is 0. The zero-order chi connectivity index (χ0) is 31.5. The summed E-state index contributed by atoms with van der Waals surface area (Å²) in [6.45, 7) is 3.06. The van der Waals surface area contributed by atoms with E-state index in [0.717, 1.165) is 34.3 Å². The molecule has 0 bridgehead atoms. The number of rotatable bonds is 10. The van der Waals surface area contributed by atoms with Crippen LogP contribution in [0.3, 0.4) is 0 Å². The highest BCUT2D eigenvalue weighted by Crippen LogP contribution is 2.38. The van der Waals surface area contributed by atoms with Gasteiger partial charge in [0.05, 0.1) is 30.8 Å². The van der Waals surface area contributed by atoms with Gasteiger partial charge in [0.25, 0.3) is 5.95 Å². The molecule has 9 nitrogen and oxygen atoms in total. The van der Waals surface area contributed by atoms with E-state index < -0.39 is 29.4 Å². The molecule has 2 aromatic carbocycles. The molecular weight excluding hydrogens is 580 g/mol. The van der Waals surface area contributed by atoms with E-state index in [0.29, 0.717) is 25.2 Å². The van der Waals surface area contributed by atoms with E-state index in [1.165, 1.54) is 11.9 Å². The number of hydrogen-bond acceptors (Lipinski definition) is 7. The predicted molar refractivity (Wildman–Crippen MR) is 144 cm³/mol. The molecule has 1 aliphatic heterocycles. The van der Waals surface area contributed by atoms with Crippen molar-refractivity contribution in [2.24, 2.45) is 18.7 Å². The van der Waals surface area contributed by atoms with E-state index in [1.807, 2.05) is 30.0 Å². The molecule has 1 aromatic heterocycles. The van der Waals surface area contributed by atoms with Crippen molar-refractivity contribution >= 4 is 11.9 Å². The standard InChI is InChI=1S/C28H33F6N7O2/c1-17-4-5-23(25(43-3)19-6-8-40(9-7-19)16-24(35)42)20(10-17)15-41(26-36-38-39(2)37-26)14-18-11-21(27(29,30)31)13-22(12-18)28(32,33)34/h4-5,10-13,19,25H,6-9,14-16H2,1-3H3,(H2,35,42). The molecule has 0 saturated carbocycles. The monoisotopic (exact) mass is 613 g/mol. The quantitative estimate of drug-likeness (QED) is 0.332. The first-order valence-electron chi connectivity index (χ1n) is 13.5. The molecule has 4 rings (SSSR count). The average Bonchev–Trinajstić information content (AvgIpc) is 3.35. The number of amides is 1. The number of ether oxygens (including phenoxy) is 1. The van der Waals surface area contributed by atoms with Crippen LogP contribution in [0.25, 0.3) is 0 Å². The first-order chi connectivity index (χ1) is 20.1. The van der Waals surface area contributed by atoms with Crippen molar-refractivity contribution in [1.82, 2.24) is 25.1 Å². The van der Waals surface area contributed by atoms with E-state index in [9.17, 15) is 31.1 Å². The number of anilines is 1. The molecule has 1 atom stereocenters. The summed E-state index contributed by atoms with van der Waals surface area (Å²) in [7, 11) is 3.09. The van der Waals surface area contributed by atoms with Gasteiger partial charge in [-0.3, -0.25) is 9.69 Å². The number of primary amides is 1. The molecule has 1 unspecified atom stereocenters. The predicted octanol–water partition coefficient (Wildman–Crippen LogP) is 4.65. The molecule has 3 aromatic rings. The second kappa shape index (κ2) is 12.9. The van der Waals surface area contributed by atoms with Crippen LogP contribution in [0.2, 0.25) is 0 Å². The fourth-order valence-corrected chi connectivity index (χ4v) is 5.49. The van der Waals surface area contributed by atoms with Gasteiger partial charge in [-0.25, -0.2) is 0 Å². The molecule has 0 radical (unpaired) electrons. The van der Waals surface area contributed by atoms with Crippen LogP contribution < -0.4 is 10.6 Å². The van der Waals surface area contributed by atoms with Crippen molar-refractivity contribution in [3.8, 4) is 0 Å². The Labute approximate surface area is 244 Å². The maximum Gasteiger partial charge on any atom is 0.416 e. The highest BCUT2D eigenvalue weighted by atomic mass is 19.4. The molecule has 2 heterocycles. The van der Waals surface area contributed by atoms with Gasteiger partial charge in [0.1, 0.15) is 0 Å². The van der Waals surface area contributed by atoms with Gasteiger partial charge in [-0.1, -0.05) is 28.9 Å². The van der Waals surface area contributed by atoms with Crippen LogP contribution >= 0.6 is 0 Å². The number of halogens is 6. The molecular formula is C28H33F6N7O2. The van der Waals surface area contributed by atoms with Gasteiger partial charge in [0.15, 0.2) is 0 Å². The van der Waals surface area contributed by atoms with Gasteiger partial charge in [-0.2, -0.15) is 31.1 Å². The van der Waals surface area contributed by atoms with Crippen molar-refractivity contribution in [2.75, 3.05) is 31.6 Å². The minimum absolute atomic E-state index is 0.0367. The minimum Gasteiger partial charge on any atom is -0.376 e. The number of likely N-dealkylation sites (tertiary alicyclic amines) is 1. The molecule has 1 amide bonds. The Bertz CT molecular complexity index is 1390. The Morgan fingerprint density at radius 2 is 1.67 bits per heavy atom. The number of tetrazole rings is 1. The fourth-order valence-electron chi connectivity index (χ4n) is 5.49. The maximum absolute atomic E-state index is 13.6. The zero-order valence-electron chi connectivity index (χ0n) is 23.9. The van der Waals surface area contributed by atoms with Crippen LogP contribution in [0, 0.1) is 12.8 Å². The lowest BCUT2D eigenvalue weighted by atomic mass is 9.85. The Hall–Kier alpha value is -3.72.